The standard InChI is InChI=1S/C10H11NO3S/c1-3-13-10(12)6-14-8-4-7(2)15-9(8)5-11/h4H,3,6H2,1-2H3. The average molecular weight is 225 g/mol. The van der Waals surface area contributed by atoms with Gasteiger partial charge in [-0.1, -0.05) is 0 Å². The maximum atomic E-state index is 11.0. The first-order valence-electron chi connectivity index (χ1n) is 4.46. The van der Waals surface area contributed by atoms with Crippen molar-refractivity contribution in [3.8, 4) is 11.8 Å². The van der Waals surface area contributed by atoms with Crippen molar-refractivity contribution in [3.63, 3.8) is 0 Å². The summed E-state index contributed by atoms with van der Waals surface area (Å²) in [6.07, 6.45) is 0. The summed E-state index contributed by atoms with van der Waals surface area (Å²) in [5.74, 6) is 0.0262. The first-order chi connectivity index (χ1) is 7.17. The molecule has 0 aliphatic carbocycles. The maximum absolute atomic E-state index is 11.0. The van der Waals surface area contributed by atoms with Crippen molar-refractivity contribution >= 4 is 17.3 Å². The van der Waals surface area contributed by atoms with Crippen LogP contribution in [0.25, 0.3) is 0 Å². The Morgan fingerprint density at radius 1 is 1.67 bits per heavy atom. The van der Waals surface area contributed by atoms with Gasteiger partial charge in [-0.3, -0.25) is 0 Å². The Kier molecular flexibility index (Phi) is 4.13. The van der Waals surface area contributed by atoms with E-state index in [2.05, 4.69) is 0 Å². The van der Waals surface area contributed by atoms with Crippen molar-refractivity contribution in [2.24, 2.45) is 0 Å². The van der Waals surface area contributed by atoms with Gasteiger partial charge in [0, 0.05) is 4.88 Å². The Hall–Kier alpha value is -1.54. The molecule has 1 aromatic heterocycles. The van der Waals surface area contributed by atoms with Crippen molar-refractivity contribution in [2.75, 3.05) is 13.2 Å². The first-order valence-corrected chi connectivity index (χ1v) is 5.28. The summed E-state index contributed by atoms with van der Waals surface area (Å²) in [5.41, 5.74) is 0. The molecule has 1 rings (SSSR count). The maximum Gasteiger partial charge on any atom is 0.344 e. The van der Waals surface area contributed by atoms with Gasteiger partial charge in [-0.2, -0.15) is 5.26 Å². The van der Waals surface area contributed by atoms with Gasteiger partial charge >= 0.3 is 5.97 Å². The normalized spacial score (nSPS) is 9.40. The van der Waals surface area contributed by atoms with Crippen LogP contribution in [0.3, 0.4) is 0 Å². The topological polar surface area (TPSA) is 59.3 Å². The average Bonchev–Trinajstić information content (AvgIpc) is 2.56. The molecule has 0 spiro atoms. The van der Waals surface area contributed by atoms with Gasteiger partial charge in [0.15, 0.2) is 6.61 Å². The second-order valence-electron chi connectivity index (χ2n) is 2.76. The van der Waals surface area contributed by atoms with Crippen LogP contribution in [0.1, 0.15) is 16.7 Å². The molecule has 0 atom stereocenters. The molecule has 0 saturated carbocycles. The molecule has 1 aromatic rings. The molecule has 1 heterocycles. The van der Waals surface area contributed by atoms with Crippen molar-refractivity contribution < 1.29 is 14.3 Å². The van der Waals surface area contributed by atoms with Gasteiger partial charge in [-0.15, -0.1) is 11.3 Å². The smallest absolute Gasteiger partial charge is 0.344 e. The van der Waals surface area contributed by atoms with Crippen molar-refractivity contribution in [3.05, 3.63) is 15.8 Å². The number of aryl methyl sites for hydroxylation is 1. The van der Waals surface area contributed by atoms with E-state index in [1.54, 1.807) is 13.0 Å². The number of rotatable bonds is 4. The molecule has 0 amide bonds. The van der Waals surface area contributed by atoms with Crippen LogP contribution in [-0.2, 0) is 9.53 Å². The zero-order valence-corrected chi connectivity index (χ0v) is 9.39. The number of carbonyl (C=O) groups excluding carboxylic acids is 1. The zero-order chi connectivity index (χ0) is 11.3. The fraction of sp³-hybridized carbons (Fsp3) is 0.400. The predicted molar refractivity (Wildman–Crippen MR) is 55.9 cm³/mol. The van der Waals surface area contributed by atoms with Crippen LogP contribution < -0.4 is 4.74 Å². The molecular formula is C10H11NO3S. The summed E-state index contributed by atoms with van der Waals surface area (Å²) in [6, 6.07) is 3.75. The molecule has 0 aliphatic rings. The lowest BCUT2D eigenvalue weighted by molar-refractivity contribution is -0.145. The highest BCUT2D eigenvalue weighted by atomic mass is 32.1. The summed E-state index contributed by atoms with van der Waals surface area (Å²) >= 11 is 1.34. The molecule has 0 bridgehead atoms. The van der Waals surface area contributed by atoms with E-state index in [0.717, 1.165) is 4.88 Å². The Morgan fingerprint density at radius 3 is 3.00 bits per heavy atom. The third kappa shape index (κ3) is 3.26. The van der Waals surface area contributed by atoms with Crippen LogP contribution in [-0.4, -0.2) is 19.2 Å². The van der Waals surface area contributed by atoms with Crippen LogP contribution in [0.2, 0.25) is 0 Å². The summed E-state index contributed by atoms with van der Waals surface area (Å²) < 4.78 is 9.88. The van der Waals surface area contributed by atoms with Gasteiger partial charge in [0.05, 0.1) is 6.61 Å². The molecule has 0 fully saturated rings. The predicted octanol–water partition coefficient (Wildman–Crippen LogP) is 1.87. The Morgan fingerprint density at radius 2 is 2.40 bits per heavy atom. The molecule has 0 saturated heterocycles. The zero-order valence-electron chi connectivity index (χ0n) is 8.57. The van der Waals surface area contributed by atoms with Gasteiger partial charge in [-0.25, -0.2) is 4.79 Å². The van der Waals surface area contributed by atoms with Crippen LogP contribution in [0.15, 0.2) is 6.07 Å². The van der Waals surface area contributed by atoms with Gasteiger partial charge in [0.1, 0.15) is 16.7 Å². The minimum Gasteiger partial charge on any atom is -0.480 e. The second-order valence-corrected chi connectivity index (χ2v) is 4.01. The molecule has 5 heteroatoms. The van der Waals surface area contributed by atoms with E-state index in [-0.39, 0.29) is 6.61 Å². The molecular weight excluding hydrogens is 214 g/mol. The summed E-state index contributed by atoms with van der Waals surface area (Å²) in [5, 5.41) is 8.76. The van der Waals surface area contributed by atoms with Gasteiger partial charge < -0.3 is 9.47 Å². The first kappa shape index (κ1) is 11.5. The van der Waals surface area contributed by atoms with Gasteiger partial charge in [-0.05, 0) is 19.9 Å². The summed E-state index contributed by atoms with van der Waals surface area (Å²) in [4.78, 5) is 12.5. The SMILES string of the molecule is CCOC(=O)COc1cc(C)sc1C#N. The minimum atomic E-state index is -0.426. The lowest BCUT2D eigenvalue weighted by Crippen LogP contribution is -2.14. The van der Waals surface area contributed by atoms with E-state index >= 15 is 0 Å². The Bertz CT molecular complexity index is 392. The van der Waals surface area contributed by atoms with Crippen LogP contribution >= 0.6 is 11.3 Å². The van der Waals surface area contributed by atoms with E-state index in [1.807, 2.05) is 13.0 Å². The third-order valence-electron chi connectivity index (χ3n) is 1.57. The molecule has 0 radical (unpaired) electrons. The highest BCUT2D eigenvalue weighted by molar-refractivity contribution is 7.12. The number of hydrogen-bond acceptors (Lipinski definition) is 5. The van der Waals surface area contributed by atoms with Crippen molar-refractivity contribution in [1.82, 2.24) is 0 Å². The van der Waals surface area contributed by atoms with E-state index in [9.17, 15) is 4.79 Å². The van der Waals surface area contributed by atoms with E-state index in [1.165, 1.54) is 11.3 Å². The fourth-order valence-corrected chi connectivity index (χ4v) is 1.77. The van der Waals surface area contributed by atoms with Gasteiger partial charge in [0.2, 0.25) is 0 Å². The molecule has 0 N–H and O–H groups in total. The minimum absolute atomic E-state index is 0.154. The molecule has 15 heavy (non-hydrogen) atoms. The lowest BCUT2D eigenvalue weighted by Gasteiger charge is -2.03. The van der Waals surface area contributed by atoms with E-state index in [4.69, 9.17) is 14.7 Å². The molecule has 0 unspecified atom stereocenters. The fourth-order valence-electron chi connectivity index (χ4n) is 1.02. The molecule has 80 valence electrons. The van der Waals surface area contributed by atoms with Gasteiger partial charge in [0.25, 0.3) is 0 Å². The number of thiophene rings is 1. The lowest BCUT2D eigenvalue weighted by atomic mass is 10.4. The molecule has 4 nitrogen and oxygen atoms in total. The monoisotopic (exact) mass is 225 g/mol. The number of nitriles is 1. The number of ether oxygens (including phenoxy) is 2. The highest BCUT2D eigenvalue weighted by Crippen LogP contribution is 2.27. The van der Waals surface area contributed by atoms with E-state index < -0.39 is 5.97 Å². The van der Waals surface area contributed by atoms with E-state index in [0.29, 0.717) is 17.2 Å². The molecule has 0 aliphatic heterocycles. The van der Waals surface area contributed by atoms with Crippen molar-refractivity contribution in [1.29, 1.82) is 5.26 Å². The summed E-state index contributed by atoms with van der Waals surface area (Å²) in [7, 11) is 0. The van der Waals surface area contributed by atoms with Crippen molar-refractivity contribution in [2.45, 2.75) is 13.8 Å². The molecule has 0 aromatic carbocycles. The second kappa shape index (κ2) is 5.37. The Balaban J connectivity index is 2.58. The Labute approximate surface area is 92.0 Å². The number of nitrogens with zero attached hydrogens (tertiary/aromatic N) is 1. The number of hydrogen-bond donors (Lipinski definition) is 0. The van der Waals surface area contributed by atoms with Crippen LogP contribution in [0.4, 0.5) is 0 Å². The van der Waals surface area contributed by atoms with Crippen LogP contribution in [0, 0.1) is 18.3 Å². The van der Waals surface area contributed by atoms with Crippen LogP contribution in [0.5, 0.6) is 5.75 Å². The number of carbonyl (C=O) groups is 1. The highest BCUT2D eigenvalue weighted by Gasteiger charge is 2.10. The summed E-state index contributed by atoms with van der Waals surface area (Å²) in [6.45, 7) is 3.78. The quantitative estimate of drug-likeness (QED) is 0.734. The largest absolute Gasteiger partial charge is 0.480 e. The number of esters is 1. The third-order valence-corrected chi connectivity index (χ3v) is 2.51.